The molecule has 0 aromatic carbocycles. The monoisotopic (exact) mass is 234 g/mol. The molecule has 1 heterocycles. The molecule has 1 saturated carbocycles. The second-order valence-corrected chi connectivity index (χ2v) is 5.39. The first-order valence-corrected chi connectivity index (χ1v) is 5.72. The van der Waals surface area contributed by atoms with Crippen molar-refractivity contribution in [3.05, 3.63) is 17.8 Å². The summed E-state index contributed by atoms with van der Waals surface area (Å²) in [4.78, 5) is 13.1. The molecule has 0 radical (unpaired) electrons. The average molecular weight is 234 g/mol. The summed E-state index contributed by atoms with van der Waals surface area (Å²) in [5.74, 6) is 0.603. The normalized spacial score (nSPS) is 20.8. The average Bonchev–Trinajstić information content (AvgIpc) is 2.86. The minimum absolute atomic E-state index is 0.129. The fraction of sp³-hybridized carbons (Fsp3) is 0.583. The van der Waals surface area contributed by atoms with Gasteiger partial charge in [0.25, 0.3) is 5.91 Å². The summed E-state index contributed by atoms with van der Waals surface area (Å²) in [5.41, 5.74) is 0.718. The number of nitrogens with one attached hydrogen (secondary N) is 1. The van der Waals surface area contributed by atoms with Crippen LogP contribution in [0.1, 0.15) is 30.8 Å². The third-order valence-electron chi connectivity index (χ3n) is 3.13. The Hall–Kier alpha value is -1.65. The molecule has 92 valence electrons. The first-order chi connectivity index (χ1) is 7.90. The van der Waals surface area contributed by atoms with Gasteiger partial charge in [-0.05, 0) is 24.0 Å². The molecule has 1 aromatic heterocycles. The summed E-state index contributed by atoms with van der Waals surface area (Å²) < 4.78 is 0. The third-order valence-corrected chi connectivity index (χ3v) is 3.13. The lowest BCUT2D eigenvalue weighted by atomic mass is 10.2. The van der Waals surface area contributed by atoms with Crippen molar-refractivity contribution in [1.29, 1.82) is 0 Å². The van der Waals surface area contributed by atoms with Crippen LogP contribution in [0.2, 0.25) is 0 Å². The Kier molecular flexibility index (Phi) is 2.77. The van der Waals surface area contributed by atoms with Crippen LogP contribution in [0.3, 0.4) is 0 Å². The van der Waals surface area contributed by atoms with Crippen molar-refractivity contribution in [2.45, 2.75) is 26.3 Å². The molecule has 1 aliphatic carbocycles. The van der Waals surface area contributed by atoms with Crippen LogP contribution < -0.4 is 5.32 Å². The smallest absolute Gasteiger partial charge is 0.273 e. The zero-order chi connectivity index (χ0) is 12.6. The number of nitrogens with zero attached hydrogens (tertiary/aromatic N) is 3. The van der Waals surface area contributed by atoms with Gasteiger partial charge in [0.05, 0.1) is 0 Å². The van der Waals surface area contributed by atoms with E-state index >= 15 is 0 Å². The molecule has 2 rings (SSSR count). The molecule has 5 nitrogen and oxygen atoms in total. The van der Waals surface area contributed by atoms with Crippen molar-refractivity contribution in [2.24, 2.45) is 5.41 Å². The molecular weight excluding hydrogens is 216 g/mol. The summed E-state index contributed by atoms with van der Waals surface area (Å²) in [6.45, 7) is 4.42. The molecule has 1 N–H and O–H groups in total. The van der Waals surface area contributed by atoms with Gasteiger partial charge in [0.1, 0.15) is 5.82 Å². The van der Waals surface area contributed by atoms with E-state index in [-0.39, 0.29) is 5.91 Å². The maximum Gasteiger partial charge on any atom is 0.273 e. The summed E-state index contributed by atoms with van der Waals surface area (Å²) in [6, 6.07) is 3.97. The van der Waals surface area contributed by atoms with Crippen LogP contribution in [0, 0.1) is 5.41 Å². The van der Waals surface area contributed by atoms with E-state index in [1.807, 2.05) is 0 Å². The van der Waals surface area contributed by atoms with Crippen LogP contribution in [-0.4, -0.2) is 41.1 Å². The fourth-order valence-electron chi connectivity index (χ4n) is 1.64. The number of aromatic nitrogens is 2. The molecule has 1 fully saturated rings. The minimum atomic E-state index is -0.129. The first kappa shape index (κ1) is 11.8. The third kappa shape index (κ3) is 2.54. The van der Waals surface area contributed by atoms with E-state index in [4.69, 9.17) is 0 Å². The molecule has 0 bridgehead atoms. The molecule has 1 amide bonds. The van der Waals surface area contributed by atoms with Crippen LogP contribution >= 0.6 is 0 Å². The summed E-state index contributed by atoms with van der Waals surface area (Å²) in [5, 5.41) is 11.2. The Bertz CT molecular complexity index is 425. The Morgan fingerprint density at radius 1 is 1.41 bits per heavy atom. The lowest BCUT2D eigenvalue weighted by Gasteiger charge is -2.10. The second kappa shape index (κ2) is 3.98. The first-order valence-electron chi connectivity index (χ1n) is 5.72. The van der Waals surface area contributed by atoms with Crippen molar-refractivity contribution >= 4 is 11.7 Å². The second-order valence-electron chi connectivity index (χ2n) is 5.39. The van der Waals surface area contributed by atoms with Gasteiger partial charge in [-0.2, -0.15) is 0 Å². The van der Waals surface area contributed by atoms with Crippen LogP contribution in [-0.2, 0) is 0 Å². The Labute approximate surface area is 101 Å². The van der Waals surface area contributed by atoms with Gasteiger partial charge in [0.15, 0.2) is 5.69 Å². The van der Waals surface area contributed by atoms with E-state index < -0.39 is 0 Å². The molecule has 1 atom stereocenters. The highest BCUT2D eigenvalue weighted by Crippen LogP contribution is 2.46. The van der Waals surface area contributed by atoms with Gasteiger partial charge in [-0.15, -0.1) is 10.2 Å². The quantitative estimate of drug-likeness (QED) is 0.858. The summed E-state index contributed by atoms with van der Waals surface area (Å²) >= 11 is 0. The Morgan fingerprint density at radius 3 is 2.47 bits per heavy atom. The highest BCUT2D eigenvalue weighted by molar-refractivity contribution is 5.91. The van der Waals surface area contributed by atoms with Gasteiger partial charge in [0, 0.05) is 20.1 Å². The van der Waals surface area contributed by atoms with Gasteiger partial charge in [-0.25, -0.2) is 0 Å². The van der Waals surface area contributed by atoms with E-state index in [0.717, 1.165) is 12.2 Å². The zero-order valence-corrected chi connectivity index (χ0v) is 10.7. The molecule has 1 aromatic rings. The van der Waals surface area contributed by atoms with Crippen LogP contribution in [0.15, 0.2) is 12.1 Å². The number of carbonyl (C=O) groups is 1. The van der Waals surface area contributed by atoms with Crippen LogP contribution in [0.5, 0.6) is 0 Å². The molecule has 1 aliphatic rings. The SMILES string of the molecule is CN(C)C(=O)c1ccc(NC2CC2(C)C)nn1. The van der Waals surface area contributed by atoms with Gasteiger partial charge >= 0.3 is 0 Å². The zero-order valence-electron chi connectivity index (χ0n) is 10.7. The van der Waals surface area contributed by atoms with Gasteiger partial charge in [-0.3, -0.25) is 4.79 Å². The fourth-order valence-corrected chi connectivity index (χ4v) is 1.64. The number of hydrogen-bond acceptors (Lipinski definition) is 4. The molecular formula is C12H18N4O. The van der Waals surface area contributed by atoms with Crippen molar-refractivity contribution in [3.63, 3.8) is 0 Å². The molecule has 0 saturated heterocycles. The van der Waals surface area contributed by atoms with Gasteiger partial charge in [-0.1, -0.05) is 13.8 Å². The lowest BCUT2D eigenvalue weighted by Crippen LogP contribution is -2.23. The van der Waals surface area contributed by atoms with Gasteiger partial charge in [0.2, 0.25) is 0 Å². The largest absolute Gasteiger partial charge is 0.365 e. The maximum absolute atomic E-state index is 11.6. The number of carbonyl (C=O) groups excluding carboxylic acids is 1. The number of anilines is 1. The lowest BCUT2D eigenvalue weighted by molar-refractivity contribution is 0.0821. The Balaban J connectivity index is 2.01. The highest BCUT2D eigenvalue weighted by Gasteiger charge is 2.45. The van der Waals surface area contributed by atoms with E-state index in [1.165, 1.54) is 4.90 Å². The number of amides is 1. The number of hydrogen-bond donors (Lipinski definition) is 1. The maximum atomic E-state index is 11.6. The van der Waals surface area contributed by atoms with E-state index in [9.17, 15) is 4.79 Å². The van der Waals surface area contributed by atoms with Crippen molar-refractivity contribution < 1.29 is 4.79 Å². The van der Waals surface area contributed by atoms with E-state index in [0.29, 0.717) is 17.2 Å². The predicted molar refractivity (Wildman–Crippen MR) is 65.9 cm³/mol. The number of rotatable bonds is 3. The molecule has 0 spiro atoms. The van der Waals surface area contributed by atoms with Gasteiger partial charge < -0.3 is 10.2 Å². The van der Waals surface area contributed by atoms with Crippen molar-refractivity contribution in [1.82, 2.24) is 15.1 Å². The van der Waals surface area contributed by atoms with E-state index in [1.54, 1.807) is 26.2 Å². The van der Waals surface area contributed by atoms with Crippen molar-refractivity contribution in [2.75, 3.05) is 19.4 Å². The topological polar surface area (TPSA) is 58.1 Å². The van der Waals surface area contributed by atoms with Crippen molar-refractivity contribution in [3.8, 4) is 0 Å². The highest BCUT2D eigenvalue weighted by atomic mass is 16.2. The van der Waals surface area contributed by atoms with Crippen LogP contribution in [0.25, 0.3) is 0 Å². The van der Waals surface area contributed by atoms with E-state index in [2.05, 4.69) is 29.4 Å². The molecule has 17 heavy (non-hydrogen) atoms. The molecule has 0 aliphatic heterocycles. The van der Waals surface area contributed by atoms with Crippen LogP contribution in [0.4, 0.5) is 5.82 Å². The molecule has 1 unspecified atom stereocenters. The Morgan fingerprint density at radius 2 is 2.06 bits per heavy atom. The summed E-state index contributed by atoms with van der Waals surface area (Å²) in [6.07, 6.45) is 1.15. The minimum Gasteiger partial charge on any atom is -0.365 e. The standard InChI is InChI=1S/C12H18N4O/c1-12(2)7-9(12)13-10-6-5-8(14-15-10)11(17)16(3)4/h5-6,9H,7H2,1-4H3,(H,13,15). The molecule has 5 heteroatoms. The summed E-state index contributed by atoms with van der Waals surface area (Å²) in [7, 11) is 3.39. The predicted octanol–water partition coefficient (Wildman–Crippen LogP) is 1.39.